The summed E-state index contributed by atoms with van der Waals surface area (Å²) >= 11 is 4.18. The first-order valence-corrected chi connectivity index (χ1v) is 10.1. The Hall–Kier alpha value is -2.78. The van der Waals surface area contributed by atoms with Crippen molar-refractivity contribution in [1.82, 2.24) is 4.90 Å². The first-order chi connectivity index (χ1) is 13.9. The van der Waals surface area contributed by atoms with Gasteiger partial charge in [-0.2, -0.15) is 0 Å². The number of para-hydroxylation sites is 1. The third-order valence-corrected chi connectivity index (χ3v) is 5.48. The molecule has 150 valence electrons. The fourth-order valence-electron chi connectivity index (χ4n) is 2.67. The Morgan fingerprint density at radius 3 is 2.55 bits per heavy atom. The third-order valence-electron chi connectivity index (χ3n) is 3.99. The average molecular weight is 477 g/mol. The van der Waals surface area contributed by atoms with Crippen LogP contribution in [0.25, 0.3) is 6.08 Å². The van der Waals surface area contributed by atoms with Gasteiger partial charge in [0.15, 0.2) is 11.5 Å². The molecule has 1 aliphatic rings. The van der Waals surface area contributed by atoms with Crippen LogP contribution >= 0.6 is 27.7 Å². The van der Waals surface area contributed by atoms with Crippen molar-refractivity contribution < 1.29 is 23.9 Å². The molecule has 2 aromatic carbocycles. The normalized spacial score (nSPS) is 15.0. The highest BCUT2D eigenvalue weighted by Gasteiger charge is 2.36. The molecule has 1 saturated heterocycles. The van der Waals surface area contributed by atoms with E-state index in [2.05, 4.69) is 21.2 Å². The molecule has 2 aromatic rings. The maximum atomic E-state index is 12.6. The number of hydrogen-bond donors (Lipinski definition) is 1. The fourth-order valence-corrected chi connectivity index (χ4v) is 4.13. The molecule has 1 N–H and O–H groups in total. The van der Waals surface area contributed by atoms with Gasteiger partial charge < -0.3 is 14.8 Å². The molecule has 3 amide bonds. The number of methoxy groups -OCH3 is 2. The van der Waals surface area contributed by atoms with Crippen LogP contribution in [0.3, 0.4) is 0 Å². The number of carbonyl (C=O) groups excluding carboxylic acids is 3. The van der Waals surface area contributed by atoms with Crippen molar-refractivity contribution in [2.75, 3.05) is 26.1 Å². The van der Waals surface area contributed by atoms with E-state index in [1.54, 1.807) is 42.5 Å². The van der Waals surface area contributed by atoms with Crippen molar-refractivity contribution in [3.05, 3.63) is 57.4 Å². The van der Waals surface area contributed by atoms with Crippen LogP contribution in [0.4, 0.5) is 10.5 Å². The zero-order valence-corrected chi connectivity index (χ0v) is 18.0. The van der Waals surface area contributed by atoms with Gasteiger partial charge in [-0.15, -0.1) is 0 Å². The summed E-state index contributed by atoms with van der Waals surface area (Å²) in [6.45, 7) is -0.355. The number of benzene rings is 2. The summed E-state index contributed by atoms with van der Waals surface area (Å²) in [7, 11) is 3.03. The Morgan fingerprint density at radius 2 is 1.90 bits per heavy atom. The minimum atomic E-state index is -0.519. The third kappa shape index (κ3) is 4.80. The first kappa shape index (κ1) is 20.9. The molecule has 0 unspecified atom stereocenters. The van der Waals surface area contributed by atoms with Crippen LogP contribution < -0.4 is 14.8 Å². The lowest BCUT2D eigenvalue weighted by Gasteiger charge is -2.12. The van der Waals surface area contributed by atoms with Crippen LogP contribution in [-0.4, -0.2) is 42.7 Å². The second-order valence-corrected chi connectivity index (χ2v) is 7.77. The second kappa shape index (κ2) is 9.15. The predicted octanol–water partition coefficient (Wildman–Crippen LogP) is 4.14. The van der Waals surface area contributed by atoms with Crippen molar-refractivity contribution in [3.8, 4) is 11.5 Å². The van der Waals surface area contributed by atoms with Gasteiger partial charge in [-0.25, -0.2) is 0 Å². The Labute approximate surface area is 180 Å². The molecule has 0 aliphatic carbocycles. The molecule has 9 heteroatoms. The van der Waals surface area contributed by atoms with Gasteiger partial charge in [0.05, 0.1) is 23.6 Å². The molecule has 0 spiro atoms. The van der Waals surface area contributed by atoms with E-state index in [1.807, 2.05) is 6.07 Å². The number of rotatable bonds is 6. The van der Waals surface area contributed by atoms with Crippen LogP contribution in [0.5, 0.6) is 11.5 Å². The lowest BCUT2D eigenvalue weighted by Crippen LogP contribution is -2.36. The second-order valence-electron chi connectivity index (χ2n) is 5.92. The average Bonchev–Trinajstić information content (AvgIpc) is 2.95. The Balaban J connectivity index is 1.76. The van der Waals surface area contributed by atoms with Crippen molar-refractivity contribution in [1.29, 1.82) is 0 Å². The number of hydrogen-bond acceptors (Lipinski definition) is 6. The summed E-state index contributed by atoms with van der Waals surface area (Å²) in [5.74, 6) is 0.0349. The lowest BCUT2D eigenvalue weighted by atomic mass is 10.2. The quantitative estimate of drug-likeness (QED) is 0.630. The molecule has 7 nitrogen and oxygen atoms in total. The molecule has 0 radical (unpaired) electrons. The summed E-state index contributed by atoms with van der Waals surface area (Å²) in [6.07, 6.45) is 1.58. The standard InChI is InChI=1S/C20H17BrN2O5S/c1-27-15-9-12(8-14(21)18(15)28-2)10-16-19(25)23(20(26)29-16)11-17(24)22-13-6-4-3-5-7-13/h3-10H,11H2,1-2H3,(H,22,24)/b16-10-. The Morgan fingerprint density at radius 1 is 1.17 bits per heavy atom. The summed E-state index contributed by atoms with van der Waals surface area (Å²) in [4.78, 5) is 38.2. The summed E-state index contributed by atoms with van der Waals surface area (Å²) < 4.78 is 11.2. The van der Waals surface area contributed by atoms with E-state index < -0.39 is 17.1 Å². The van der Waals surface area contributed by atoms with Gasteiger partial charge in [0.25, 0.3) is 11.1 Å². The topological polar surface area (TPSA) is 84.9 Å². The molecular weight excluding hydrogens is 460 g/mol. The smallest absolute Gasteiger partial charge is 0.294 e. The van der Waals surface area contributed by atoms with Gasteiger partial charge in [0, 0.05) is 5.69 Å². The number of nitrogens with zero attached hydrogens (tertiary/aromatic N) is 1. The van der Waals surface area contributed by atoms with E-state index in [0.717, 1.165) is 16.7 Å². The van der Waals surface area contributed by atoms with Crippen LogP contribution in [0.1, 0.15) is 5.56 Å². The molecular formula is C20H17BrN2O5S. The molecule has 3 rings (SSSR count). The summed E-state index contributed by atoms with van der Waals surface area (Å²) in [5, 5.41) is 2.16. The molecule has 0 bridgehead atoms. The number of halogens is 1. The van der Waals surface area contributed by atoms with Gasteiger partial charge >= 0.3 is 0 Å². The van der Waals surface area contributed by atoms with E-state index in [0.29, 0.717) is 27.2 Å². The van der Waals surface area contributed by atoms with Crippen LogP contribution in [0.2, 0.25) is 0 Å². The molecule has 0 atom stereocenters. The molecule has 1 aliphatic heterocycles. The largest absolute Gasteiger partial charge is 0.493 e. The van der Waals surface area contributed by atoms with Crippen molar-refractivity contribution in [2.24, 2.45) is 0 Å². The highest BCUT2D eigenvalue weighted by Crippen LogP contribution is 2.38. The number of carbonyl (C=O) groups is 3. The highest BCUT2D eigenvalue weighted by molar-refractivity contribution is 9.10. The maximum absolute atomic E-state index is 12.6. The van der Waals surface area contributed by atoms with Crippen LogP contribution in [0, 0.1) is 0 Å². The number of thioether (sulfide) groups is 1. The zero-order valence-electron chi connectivity index (χ0n) is 15.6. The number of anilines is 1. The first-order valence-electron chi connectivity index (χ1n) is 8.44. The van der Waals surface area contributed by atoms with Gasteiger partial charge in [0.1, 0.15) is 6.54 Å². The van der Waals surface area contributed by atoms with E-state index >= 15 is 0 Å². The minimum absolute atomic E-state index is 0.224. The van der Waals surface area contributed by atoms with E-state index in [4.69, 9.17) is 9.47 Å². The Kier molecular flexibility index (Phi) is 6.60. The van der Waals surface area contributed by atoms with E-state index in [-0.39, 0.29) is 11.4 Å². The van der Waals surface area contributed by atoms with Gasteiger partial charge in [-0.3, -0.25) is 19.3 Å². The van der Waals surface area contributed by atoms with Crippen LogP contribution in [0.15, 0.2) is 51.8 Å². The monoisotopic (exact) mass is 476 g/mol. The summed E-state index contributed by atoms with van der Waals surface area (Å²) in [6, 6.07) is 12.3. The minimum Gasteiger partial charge on any atom is -0.493 e. The van der Waals surface area contributed by atoms with Crippen LogP contribution in [-0.2, 0) is 9.59 Å². The maximum Gasteiger partial charge on any atom is 0.294 e. The Bertz CT molecular complexity index is 994. The molecule has 1 fully saturated rings. The lowest BCUT2D eigenvalue weighted by molar-refractivity contribution is -0.127. The summed E-state index contributed by atoms with van der Waals surface area (Å²) in [5.41, 5.74) is 1.24. The van der Waals surface area contributed by atoms with Crippen molar-refractivity contribution in [2.45, 2.75) is 0 Å². The van der Waals surface area contributed by atoms with E-state index in [1.165, 1.54) is 14.2 Å². The zero-order chi connectivity index (χ0) is 21.0. The molecule has 0 saturated carbocycles. The number of nitrogens with one attached hydrogen (secondary N) is 1. The van der Waals surface area contributed by atoms with Gasteiger partial charge in [-0.05, 0) is 63.6 Å². The highest BCUT2D eigenvalue weighted by atomic mass is 79.9. The van der Waals surface area contributed by atoms with Crippen molar-refractivity contribution in [3.63, 3.8) is 0 Å². The van der Waals surface area contributed by atoms with Gasteiger partial charge in [0.2, 0.25) is 5.91 Å². The fraction of sp³-hybridized carbons (Fsp3) is 0.150. The molecule has 0 aromatic heterocycles. The number of ether oxygens (including phenoxy) is 2. The SMILES string of the molecule is COc1cc(/C=C2\SC(=O)N(CC(=O)Nc3ccccc3)C2=O)cc(Br)c1OC. The van der Waals surface area contributed by atoms with Crippen molar-refractivity contribution >= 4 is 56.5 Å². The number of amides is 3. The number of imide groups is 1. The van der Waals surface area contributed by atoms with E-state index in [9.17, 15) is 14.4 Å². The molecule has 29 heavy (non-hydrogen) atoms. The van der Waals surface area contributed by atoms with Gasteiger partial charge in [-0.1, -0.05) is 18.2 Å². The predicted molar refractivity (Wildman–Crippen MR) is 115 cm³/mol. The molecule has 1 heterocycles.